The summed E-state index contributed by atoms with van der Waals surface area (Å²) in [6.45, 7) is 7.52. The van der Waals surface area contributed by atoms with Crippen molar-refractivity contribution in [3.8, 4) is 0 Å². The van der Waals surface area contributed by atoms with E-state index in [4.69, 9.17) is 5.11 Å². The SMILES string of the molecule is CCN(CC)c1ccc(CNCCC(=O)O)cc1. The van der Waals surface area contributed by atoms with Gasteiger partial charge in [-0.15, -0.1) is 0 Å². The van der Waals surface area contributed by atoms with Crippen molar-refractivity contribution in [2.45, 2.75) is 26.8 Å². The molecule has 0 unspecified atom stereocenters. The van der Waals surface area contributed by atoms with Crippen LogP contribution in [0.3, 0.4) is 0 Å². The van der Waals surface area contributed by atoms with Gasteiger partial charge in [-0.05, 0) is 31.5 Å². The van der Waals surface area contributed by atoms with E-state index in [1.807, 2.05) is 0 Å². The molecule has 0 fully saturated rings. The number of hydrogen-bond acceptors (Lipinski definition) is 3. The van der Waals surface area contributed by atoms with Crippen LogP contribution in [0.5, 0.6) is 0 Å². The summed E-state index contributed by atoms with van der Waals surface area (Å²) >= 11 is 0. The van der Waals surface area contributed by atoms with E-state index in [2.05, 4.69) is 48.3 Å². The molecule has 0 aromatic heterocycles. The molecule has 4 nitrogen and oxygen atoms in total. The highest BCUT2D eigenvalue weighted by atomic mass is 16.4. The van der Waals surface area contributed by atoms with E-state index in [9.17, 15) is 4.79 Å². The van der Waals surface area contributed by atoms with Crippen LogP contribution in [0.15, 0.2) is 24.3 Å². The molecule has 0 saturated carbocycles. The molecule has 0 aliphatic heterocycles. The maximum Gasteiger partial charge on any atom is 0.304 e. The van der Waals surface area contributed by atoms with E-state index < -0.39 is 5.97 Å². The molecule has 2 N–H and O–H groups in total. The molecule has 4 heteroatoms. The van der Waals surface area contributed by atoms with Gasteiger partial charge in [0, 0.05) is 31.9 Å². The Hall–Kier alpha value is -1.55. The van der Waals surface area contributed by atoms with Gasteiger partial charge in [0.1, 0.15) is 0 Å². The molecule has 0 bridgehead atoms. The zero-order chi connectivity index (χ0) is 13.4. The van der Waals surface area contributed by atoms with Gasteiger partial charge in [-0.2, -0.15) is 0 Å². The van der Waals surface area contributed by atoms with Crippen LogP contribution in [0.2, 0.25) is 0 Å². The van der Waals surface area contributed by atoms with Crippen molar-refractivity contribution in [3.05, 3.63) is 29.8 Å². The van der Waals surface area contributed by atoms with Gasteiger partial charge in [-0.3, -0.25) is 4.79 Å². The smallest absolute Gasteiger partial charge is 0.304 e. The minimum atomic E-state index is -0.764. The second kappa shape index (κ2) is 7.71. The molecule has 0 saturated heterocycles. The number of carboxylic acid groups (broad SMARTS) is 1. The Balaban J connectivity index is 2.42. The molecular weight excluding hydrogens is 228 g/mol. The zero-order valence-electron chi connectivity index (χ0n) is 11.1. The topological polar surface area (TPSA) is 52.6 Å². The summed E-state index contributed by atoms with van der Waals surface area (Å²) in [6, 6.07) is 8.39. The molecule has 0 heterocycles. The van der Waals surface area contributed by atoms with Gasteiger partial charge in [0.05, 0.1) is 6.42 Å². The Morgan fingerprint density at radius 1 is 1.22 bits per heavy atom. The lowest BCUT2D eigenvalue weighted by molar-refractivity contribution is -0.136. The summed E-state index contributed by atoms with van der Waals surface area (Å²) in [7, 11) is 0. The third kappa shape index (κ3) is 4.75. The Morgan fingerprint density at radius 3 is 2.33 bits per heavy atom. The highest BCUT2D eigenvalue weighted by Gasteiger charge is 2.01. The number of aliphatic carboxylic acids is 1. The number of carbonyl (C=O) groups is 1. The third-order valence-electron chi connectivity index (χ3n) is 2.91. The van der Waals surface area contributed by atoms with E-state index in [-0.39, 0.29) is 6.42 Å². The quantitative estimate of drug-likeness (QED) is 0.694. The first-order valence-electron chi connectivity index (χ1n) is 6.43. The molecule has 0 spiro atoms. The average Bonchev–Trinajstić information content (AvgIpc) is 2.37. The van der Waals surface area contributed by atoms with Crippen LogP contribution in [0.1, 0.15) is 25.8 Å². The van der Waals surface area contributed by atoms with Gasteiger partial charge < -0.3 is 15.3 Å². The molecule has 0 radical (unpaired) electrons. The first-order chi connectivity index (χ1) is 8.67. The number of nitrogens with zero attached hydrogens (tertiary/aromatic N) is 1. The maximum atomic E-state index is 10.4. The first kappa shape index (κ1) is 14.5. The van der Waals surface area contributed by atoms with E-state index in [1.165, 1.54) is 11.3 Å². The molecule has 0 aliphatic rings. The van der Waals surface area contributed by atoms with Gasteiger partial charge in [0.15, 0.2) is 0 Å². The van der Waals surface area contributed by atoms with E-state index in [0.717, 1.165) is 13.1 Å². The average molecular weight is 250 g/mol. The normalized spacial score (nSPS) is 10.3. The summed E-state index contributed by atoms with van der Waals surface area (Å²) < 4.78 is 0. The van der Waals surface area contributed by atoms with Crippen molar-refractivity contribution < 1.29 is 9.90 Å². The number of nitrogens with one attached hydrogen (secondary N) is 1. The van der Waals surface area contributed by atoms with E-state index in [1.54, 1.807) is 0 Å². The summed E-state index contributed by atoms with van der Waals surface area (Å²) in [6.07, 6.45) is 0.164. The second-order valence-corrected chi connectivity index (χ2v) is 4.16. The maximum absolute atomic E-state index is 10.4. The second-order valence-electron chi connectivity index (χ2n) is 4.16. The van der Waals surface area contributed by atoms with Crippen LogP contribution in [-0.2, 0) is 11.3 Å². The van der Waals surface area contributed by atoms with Crippen LogP contribution in [0.4, 0.5) is 5.69 Å². The molecule has 18 heavy (non-hydrogen) atoms. The van der Waals surface area contributed by atoms with Crippen molar-refractivity contribution >= 4 is 11.7 Å². The van der Waals surface area contributed by atoms with Gasteiger partial charge in [-0.25, -0.2) is 0 Å². The molecule has 1 aromatic rings. The predicted molar refractivity (Wildman–Crippen MR) is 74.0 cm³/mol. The summed E-state index contributed by atoms with van der Waals surface area (Å²) in [4.78, 5) is 12.6. The van der Waals surface area contributed by atoms with Gasteiger partial charge >= 0.3 is 5.97 Å². The lowest BCUT2D eigenvalue weighted by Gasteiger charge is -2.21. The molecule has 0 atom stereocenters. The predicted octanol–water partition coefficient (Wildman–Crippen LogP) is 2.10. The monoisotopic (exact) mass is 250 g/mol. The number of benzene rings is 1. The highest BCUT2D eigenvalue weighted by Crippen LogP contribution is 2.14. The van der Waals surface area contributed by atoms with Crippen molar-refractivity contribution in [2.24, 2.45) is 0 Å². The van der Waals surface area contributed by atoms with Crippen molar-refractivity contribution in [1.82, 2.24) is 5.32 Å². The number of anilines is 1. The van der Waals surface area contributed by atoms with Crippen LogP contribution in [0, 0.1) is 0 Å². The minimum Gasteiger partial charge on any atom is -0.481 e. The van der Waals surface area contributed by atoms with Crippen molar-refractivity contribution in [3.63, 3.8) is 0 Å². The largest absolute Gasteiger partial charge is 0.481 e. The summed E-state index contributed by atoms with van der Waals surface area (Å²) in [5.41, 5.74) is 2.41. The number of hydrogen-bond donors (Lipinski definition) is 2. The zero-order valence-corrected chi connectivity index (χ0v) is 11.1. The summed E-state index contributed by atoms with van der Waals surface area (Å²) in [5.74, 6) is -0.764. The fourth-order valence-electron chi connectivity index (χ4n) is 1.84. The standard InChI is InChI=1S/C14H22N2O2/c1-3-16(4-2)13-7-5-12(6-8-13)11-15-10-9-14(17)18/h5-8,15H,3-4,9-11H2,1-2H3,(H,17,18). The molecule has 0 aliphatic carbocycles. The molecule has 1 aromatic carbocycles. The Bertz CT molecular complexity index is 359. The number of carboxylic acids is 1. The third-order valence-corrected chi connectivity index (χ3v) is 2.91. The van der Waals surface area contributed by atoms with Crippen LogP contribution in [0.25, 0.3) is 0 Å². The first-order valence-corrected chi connectivity index (χ1v) is 6.43. The van der Waals surface area contributed by atoms with Crippen LogP contribution < -0.4 is 10.2 Å². The van der Waals surface area contributed by atoms with Gasteiger partial charge in [-0.1, -0.05) is 12.1 Å². The summed E-state index contributed by atoms with van der Waals surface area (Å²) in [5, 5.41) is 11.6. The fourth-order valence-corrected chi connectivity index (χ4v) is 1.84. The van der Waals surface area contributed by atoms with Crippen LogP contribution in [-0.4, -0.2) is 30.7 Å². The lowest BCUT2D eigenvalue weighted by atomic mass is 10.2. The minimum absolute atomic E-state index is 0.164. The van der Waals surface area contributed by atoms with Gasteiger partial charge in [0.25, 0.3) is 0 Å². The Kier molecular flexibility index (Phi) is 6.22. The number of rotatable bonds is 8. The van der Waals surface area contributed by atoms with Crippen LogP contribution >= 0.6 is 0 Å². The Morgan fingerprint density at radius 2 is 1.83 bits per heavy atom. The molecule has 100 valence electrons. The molecule has 0 amide bonds. The van der Waals surface area contributed by atoms with E-state index in [0.29, 0.717) is 13.1 Å². The van der Waals surface area contributed by atoms with E-state index >= 15 is 0 Å². The lowest BCUT2D eigenvalue weighted by Crippen LogP contribution is -2.22. The fraction of sp³-hybridized carbons (Fsp3) is 0.500. The Labute approximate surface area is 109 Å². The van der Waals surface area contributed by atoms with Crippen molar-refractivity contribution in [1.29, 1.82) is 0 Å². The molecule has 1 rings (SSSR count). The molecular formula is C14H22N2O2. The highest BCUT2D eigenvalue weighted by molar-refractivity contribution is 5.66. The van der Waals surface area contributed by atoms with Gasteiger partial charge in [0.2, 0.25) is 0 Å². The van der Waals surface area contributed by atoms with Crippen molar-refractivity contribution in [2.75, 3.05) is 24.5 Å².